The second-order valence-electron chi connectivity index (χ2n) is 5.02. The lowest BCUT2D eigenvalue weighted by Crippen LogP contribution is -1.97. The van der Waals surface area contributed by atoms with Crippen LogP contribution in [0.5, 0.6) is 5.75 Å². The summed E-state index contributed by atoms with van der Waals surface area (Å²) in [5.74, 6) is 0.233. The van der Waals surface area contributed by atoms with Crippen LogP contribution in [0.2, 0.25) is 0 Å². The van der Waals surface area contributed by atoms with Gasteiger partial charge in [-0.05, 0) is 36.4 Å². The van der Waals surface area contributed by atoms with Crippen molar-refractivity contribution in [3.63, 3.8) is 0 Å². The van der Waals surface area contributed by atoms with Crippen LogP contribution in [0.25, 0.3) is 28.0 Å². The van der Waals surface area contributed by atoms with Crippen LogP contribution in [0, 0.1) is 0 Å². The third kappa shape index (κ3) is 2.02. The van der Waals surface area contributed by atoms with Gasteiger partial charge in [0.1, 0.15) is 11.4 Å². The van der Waals surface area contributed by atoms with Crippen molar-refractivity contribution in [2.24, 2.45) is 0 Å². The molecule has 4 rings (SSSR count). The van der Waals surface area contributed by atoms with Gasteiger partial charge in [-0.2, -0.15) is 5.10 Å². The van der Waals surface area contributed by atoms with Crippen molar-refractivity contribution in [1.29, 1.82) is 0 Å². The molecule has 0 aliphatic carbocycles. The number of hydrogen-bond donors (Lipinski definition) is 1. The Hall–Kier alpha value is -3.14. The van der Waals surface area contributed by atoms with E-state index < -0.39 is 0 Å². The first kappa shape index (κ1) is 12.6. The number of phenolic OH excluding ortho intramolecular Hbond substituents is 1. The third-order valence-electron chi connectivity index (χ3n) is 3.58. The minimum atomic E-state index is 0.233. The van der Waals surface area contributed by atoms with Crippen LogP contribution in [0.1, 0.15) is 0 Å². The van der Waals surface area contributed by atoms with Gasteiger partial charge in [0.15, 0.2) is 5.65 Å². The monoisotopic (exact) mass is 287 g/mol. The summed E-state index contributed by atoms with van der Waals surface area (Å²) < 4.78 is 1.80. The van der Waals surface area contributed by atoms with Gasteiger partial charge in [0.05, 0.1) is 5.69 Å². The highest BCUT2D eigenvalue weighted by molar-refractivity contribution is 5.91. The molecule has 0 amide bonds. The molecule has 22 heavy (non-hydrogen) atoms. The summed E-state index contributed by atoms with van der Waals surface area (Å²) >= 11 is 0. The highest BCUT2D eigenvalue weighted by Crippen LogP contribution is 2.28. The number of rotatable bonds is 2. The topological polar surface area (TPSA) is 50.9 Å². The lowest BCUT2D eigenvalue weighted by molar-refractivity contribution is 0.475. The van der Waals surface area contributed by atoms with E-state index in [-0.39, 0.29) is 5.75 Å². The van der Waals surface area contributed by atoms with Gasteiger partial charge in [-0.1, -0.05) is 30.3 Å². The zero-order valence-electron chi connectivity index (χ0n) is 11.7. The van der Waals surface area contributed by atoms with Gasteiger partial charge in [-0.15, -0.1) is 0 Å². The van der Waals surface area contributed by atoms with Crippen molar-refractivity contribution in [2.75, 3.05) is 0 Å². The van der Waals surface area contributed by atoms with Crippen LogP contribution in [0.15, 0.2) is 72.9 Å². The molecule has 2 aromatic heterocycles. The molecule has 0 unspecified atom stereocenters. The molecule has 0 saturated carbocycles. The van der Waals surface area contributed by atoms with Crippen LogP contribution in [0.4, 0.5) is 0 Å². The molecule has 0 radical (unpaired) electrons. The fraction of sp³-hybridized carbons (Fsp3) is 0. The fourth-order valence-electron chi connectivity index (χ4n) is 2.53. The number of pyridine rings is 1. The number of fused-ring (bicyclic) bond motifs is 1. The zero-order valence-corrected chi connectivity index (χ0v) is 11.7. The smallest absolute Gasteiger partial charge is 0.163 e. The average molecular weight is 287 g/mol. The molecule has 0 atom stereocenters. The number of benzene rings is 2. The van der Waals surface area contributed by atoms with Crippen molar-refractivity contribution >= 4 is 11.0 Å². The number of nitrogens with zero attached hydrogens (tertiary/aromatic N) is 3. The molecule has 106 valence electrons. The zero-order chi connectivity index (χ0) is 14.9. The summed E-state index contributed by atoms with van der Waals surface area (Å²) in [4.78, 5) is 4.46. The molecule has 0 saturated heterocycles. The first-order valence-electron chi connectivity index (χ1n) is 7.01. The van der Waals surface area contributed by atoms with E-state index >= 15 is 0 Å². The van der Waals surface area contributed by atoms with Crippen molar-refractivity contribution in [3.05, 3.63) is 72.9 Å². The molecule has 0 spiro atoms. The van der Waals surface area contributed by atoms with Crippen molar-refractivity contribution in [2.45, 2.75) is 0 Å². The fourth-order valence-corrected chi connectivity index (χ4v) is 2.53. The Labute approximate surface area is 127 Å². The summed E-state index contributed by atoms with van der Waals surface area (Å²) in [6.07, 6.45) is 1.76. The molecule has 1 N–H and O–H groups in total. The average Bonchev–Trinajstić information content (AvgIpc) is 2.96. The summed E-state index contributed by atoms with van der Waals surface area (Å²) in [6.45, 7) is 0. The molecule has 4 nitrogen and oxygen atoms in total. The maximum absolute atomic E-state index is 9.45. The summed E-state index contributed by atoms with van der Waals surface area (Å²) in [6, 6.07) is 20.9. The van der Waals surface area contributed by atoms with Crippen LogP contribution in [-0.4, -0.2) is 19.9 Å². The van der Waals surface area contributed by atoms with E-state index in [1.165, 1.54) is 0 Å². The number of hydrogen-bond acceptors (Lipinski definition) is 3. The van der Waals surface area contributed by atoms with Gasteiger partial charge in [-0.3, -0.25) is 0 Å². The SMILES string of the molecule is Oc1ccc(-n2nc(-c3ccccc3)c3cccnc32)cc1. The minimum Gasteiger partial charge on any atom is -0.508 e. The van der Waals surface area contributed by atoms with E-state index in [0.29, 0.717) is 0 Å². The van der Waals surface area contributed by atoms with E-state index in [2.05, 4.69) is 4.98 Å². The predicted octanol–water partition coefficient (Wildman–Crippen LogP) is 3.79. The van der Waals surface area contributed by atoms with Crippen LogP contribution in [0.3, 0.4) is 0 Å². The minimum absolute atomic E-state index is 0.233. The predicted molar refractivity (Wildman–Crippen MR) is 86.0 cm³/mol. The van der Waals surface area contributed by atoms with Gasteiger partial charge in [-0.25, -0.2) is 9.67 Å². The van der Waals surface area contributed by atoms with Gasteiger partial charge in [0.25, 0.3) is 0 Å². The van der Waals surface area contributed by atoms with E-state index in [9.17, 15) is 5.11 Å². The van der Waals surface area contributed by atoms with Gasteiger partial charge < -0.3 is 5.11 Å². The first-order valence-corrected chi connectivity index (χ1v) is 7.01. The molecule has 0 aliphatic rings. The highest BCUT2D eigenvalue weighted by atomic mass is 16.3. The Bertz CT molecular complexity index is 928. The van der Waals surface area contributed by atoms with Crippen molar-refractivity contribution < 1.29 is 5.11 Å². The second kappa shape index (κ2) is 5.00. The summed E-state index contributed by atoms with van der Waals surface area (Å²) in [7, 11) is 0. The standard InChI is InChI=1S/C18H13N3O/c22-15-10-8-14(9-11-15)21-18-16(7-4-12-19-18)17(20-21)13-5-2-1-3-6-13/h1-12,22H. The van der Waals surface area contributed by atoms with Crippen LogP contribution in [-0.2, 0) is 0 Å². The van der Waals surface area contributed by atoms with E-state index in [0.717, 1.165) is 28.0 Å². The Morgan fingerprint density at radius 2 is 1.59 bits per heavy atom. The quantitative estimate of drug-likeness (QED) is 0.610. The molecular weight excluding hydrogens is 274 g/mol. The Morgan fingerprint density at radius 3 is 2.36 bits per heavy atom. The maximum Gasteiger partial charge on any atom is 0.163 e. The molecule has 2 heterocycles. The lowest BCUT2D eigenvalue weighted by atomic mass is 10.1. The normalized spacial score (nSPS) is 10.9. The lowest BCUT2D eigenvalue weighted by Gasteiger charge is -2.02. The molecule has 2 aromatic carbocycles. The van der Waals surface area contributed by atoms with E-state index in [4.69, 9.17) is 5.10 Å². The summed E-state index contributed by atoms with van der Waals surface area (Å²) in [5, 5.41) is 15.2. The van der Waals surface area contributed by atoms with E-state index in [1.54, 1.807) is 23.0 Å². The van der Waals surface area contributed by atoms with Gasteiger partial charge >= 0.3 is 0 Å². The maximum atomic E-state index is 9.45. The summed E-state index contributed by atoms with van der Waals surface area (Å²) in [5.41, 5.74) is 3.62. The largest absolute Gasteiger partial charge is 0.508 e. The number of aromatic hydroxyl groups is 1. The van der Waals surface area contributed by atoms with Crippen LogP contribution >= 0.6 is 0 Å². The van der Waals surface area contributed by atoms with Gasteiger partial charge in [0, 0.05) is 17.1 Å². The third-order valence-corrected chi connectivity index (χ3v) is 3.58. The number of phenols is 1. The van der Waals surface area contributed by atoms with Gasteiger partial charge in [0.2, 0.25) is 0 Å². The van der Waals surface area contributed by atoms with E-state index in [1.807, 2.05) is 54.6 Å². The second-order valence-corrected chi connectivity index (χ2v) is 5.02. The molecule has 4 heteroatoms. The molecule has 4 aromatic rings. The number of aromatic nitrogens is 3. The molecule has 0 fully saturated rings. The molecule has 0 aliphatic heterocycles. The first-order chi connectivity index (χ1) is 10.8. The molecular formula is C18H13N3O. The van der Waals surface area contributed by atoms with Crippen molar-refractivity contribution in [3.8, 4) is 22.7 Å². The highest BCUT2D eigenvalue weighted by Gasteiger charge is 2.13. The Morgan fingerprint density at radius 1 is 0.818 bits per heavy atom. The molecule has 0 bridgehead atoms. The van der Waals surface area contributed by atoms with Crippen molar-refractivity contribution in [1.82, 2.24) is 14.8 Å². The Kier molecular flexibility index (Phi) is 2.86. The Balaban J connectivity index is 1.99. The van der Waals surface area contributed by atoms with Crippen LogP contribution < -0.4 is 0 Å².